The number of aromatic carboxylic acids is 1. The Morgan fingerprint density at radius 2 is 1.59 bits per heavy atom. The SMILES string of the molecule is COc1cc(F)cc([NH2+]c2nc(C(=O)O)cc(-c3c(F)cc(OC)cc3F)c2C(C)=N)c1. The summed E-state index contributed by atoms with van der Waals surface area (Å²) in [6.07, 6.45) is 0. The van der Waals surface area contributed by atoms with Crippen molar-refractivity contribution >= 4 is 23.2 Å². The molecule has 3 aromatic rings. The fourth-order valence-electron chi connectivity index (χ4n) is 3.24. The van der Waals surface area contributed by atoms with Gasteiger partial charge in [0.2, 0.25) is 5.82 Å². The maximum absolute atomic E-state index is 14.8. The fourth-order valence-corrected chi connectivity index (χ4v) is 3.24. The van der Waals surface area contributed by atoms with E-state index in [1.54, 1.807) is 0 Å². The first-order chi connectivity index (χ1) is 15.1. The lowest BCUT2D eigenvalue weighted by Gasteiger charge is -2.15. The van der Waals surface area contributed by atoms with Gasteiger partial charge in [0.25, 0.3) is 0 Å². The fraction of sp³-hybridized carbons (Fsp3) is 0.136. The smallest absolute Gasteiger partial charge is 0.354 e. The van der Waals surface area contributed by atoms with Gasteiger partial charge in [0, 0.05) is 41.6 Å². The molecule has 0 unspecified atom stereocenters. The van der Waals surface area contributed by atoms with Gasteiger partial charge in [-0.05, 0) is 13.0 Å². The quantitative estimate of drug-likeness (QED) is 0.378. The lowest BCUT2D eigenvalue weighted by molar-refractivity contribution is -0.483. The van der Waals surface area contributed by atoms with Gasteiger partial charge in [-0.15, -0.1) is 0 Å². The van der Waals surface area contributed by atoms with Gasteiger partial charge < -0.3 is 20.0 Å². The summed E-state index contributed by atoms with van der Waals surface area (Å²) < 4.78 is 53.5. The molecule has 0 spiro atoms. The molecule has 0 saturated heterocycles. The van der Waals surface area contributed by atoms with E-state index < -0.39 is 34.7 Å². The number of hydrogen-bond donors (Lipinski definition) is 3. The van der Waals surface area contributed by atoms with Crippen molar-refractivity contribution in [2.75, 3.05) is 14.2 Å². The lowest BCUT2D eigenvalue weighted by Crippen LogP contribution is -2.72. The molecule has 3 rings (SSSR count). The first-order valence-electron chi connectivity index (χ1n) is 9.21. The molecular weight excluding hydrogens is 427 g/mol. The third-order valence-electron chi connectivity index (χ3n) is 4.59. The summed E-state index contributed by atoms with van der Waals surface area (Å²) in [5.74, 6) is -4.02. The summed E-state index contributed by atoms with van der Waals surface area (Å²) in [7, 11) is 2.60. The second-order valence-corrected chi connectivity index (χ2v) is 6.78. The van der Waals surface area contributed by atoms with Gasteiger partial charge in [-0.1, -0.05) is 0 Å². The Morgan fingerprint density at radius 3 is 2.12 bits per heavy atom. The number of ether oxygens (including phenoxy) is 2. The van der Waals surface area contributed by atoms with Crippen molar-refractivity contribution < 1.29 is 37.9 Å². The van der Waals surface area contributed by atoms with Crippen molar-refractivity contribution in [3.8, 4) is 22.6 Å². The lowest BCUT2D eigenvalue weighted by atomic mass is 9.95. The molecule has 0 saturated carbocycles. The Hall–Kier alpha value is -3.92. The zero-order chi connectivity index (χ0) is 23.6. The molecule has 10 heteroatoms. The number of benzene rings is 2. The van der Waals surface area contributed by atoms with Crippen molar-refractivity contribution in [3.05, 3.63) is 65.1 Å². The number of nitrogens with zero attached hydrogens (tertiary/aromatic N) is 1. The van der Waals surface area contributed by atoms with Crippen molar-refractivity contribution in [1.82, 2.24) is 4.98 Å². The van der Waals surface area contributed by atoms with E-state index in [2.05, 4.69) is 4.98 Å². The summed E-state index contributed by atoms with van der Waals surface area (Å²) >= 11 is 0. The van der Waals surface area contributed by atoms with Gasteiger partial charge in [-0.25, -0.2) is 18.0 Å². The Kier molecular flexibility index (Phi) is 6.45. The highest BCUT2D eigenvalue weighted by Gasteiger charge is 2.26. The molecule has 0 fully saturated rings. The number of halogens is 3. The summed E-state index contributed by atoms with van der Waals surface area (Å²) in [5, 5.41) is 19.0. The topological polar surface area (TPSA) is 109 Å². The molecule has 1 heterocycles. The number of rotatable bonds is 7. The normalized spacial score (nSPS) is 10.7. The first-order valence-corrected chi connectivity index (χ1v) is 9.21. The molecule has 4 N–H and O–H groups in total. The maximum atomic E-state index is 14.8. The standard InChI is InChI=1S/C22H18F3N3O4/c1-10(26)19-15(20-16(24)7-14(32-3)8-17(20)25)9-18(22(29)30)28-21(19)27-12-4-11(23)5-13(6-12)31-2/h4-9,26H,1-3H3,(H,27,28)(H,29,30)/p+1. The zero-order valence-corrected chi connectivity index (χ0v) is 17.3. The van der Waals surface area contributed by atoms with Crippen LogP contribution in [-0.4, -0.2) is 36.0 Å². The van der Waals surface area contributed by atoms with E-state index in [9.17, 15) is 23.1 Å². The van der Waals surface area contributed by atoms with Crippen LogP contribution in [0.1, 0.15) is 23.0 Å². The Balaban J connectivity index is 2.30. The number of pyridine rings is 1. The molecule has 32 heavy (non-hydrogen) atoms. The summed E-state index contributed by atoms with van der Waals surface area (Å²) in [6.45, 7) is 1.36. The average molecular weight is 446 g/mol. The minimum absolute atomic E-state index is 0.0128. The molecule has 0 aliphatic rings. The zero-order valence-electron chi connectivity index (χ0n) is 17.3. The number of nitrogens with one attached hydrogen (secondary N) is 1. The van der Waals surface area contributed by atoms with Gasteiger partial charge in [0.15, 0.2) is 5.69 Å². The second-order valence-electron chi connectivity index (χ2n) is 6.78. The summed E-state index contributed by atoms with van der Waals surface area (Å²) in [4.78, 5) is 15.7. The third kappa shape index (κ3) is 4.54. The van der Waals surface area contributed by atoms with Crippen LogP contribution in [0.4, 0.5) is 24.7 Å². The van der Waals surface area contributed by atoms with Crippen LogP contribution in [0.3, 0.4) is 0 Å². The van der Waals surface area contributed by atoms with E-state index in [4.69, 9.17) is 14.9 Å². The second kappa shape index (κ2) is 9.06. The van der Waals surface area contributed by atoms with Crippen LogP contribution in [0.15, 0.2) is 36.4 Å². The van der Waals surface area contributed by atoms with Gasteiger partial charge in [0.05, 0.1) is 25.3 Å². The van der Waals surface area contributed by atoms with Gasteiger partial charge in [-0.3, -0.25) is 5.32 Å². The molecule has 0 amide bonds. The summed E-state index contributed by atoms with van der Waals surface area (Å²) in [5.41, 5.74) is -1.12. The van der Waals surface area contributed by atoms with Crippen LogP contribution in [0.5, 0.6) is 11.5 Å². The Morgan fingerprint density at radius 1 is 1.00 bits per heavy atom. The van der Waals surface area contributed by atoms with E-state index in [0.717, 1.165) is 30.3 Å². The number of hydrogen-bond acceptors (Lipinski definition) is 5. The van der Waals surface area contributed by atoms with Crippen molar-refractivity contribution in [2.45, 2.75) is 6.92 Å². The number of quaternary nitrogens is 1. The van der Waals surface area contributed by atoms with Crippen LogP contribution < -0.4 is 14.8 Å². The number of aromatic nitrogens is 1. The monoisotopic (exact) mass is 446 g/mol. The van der Waals surface area contributed by atoms with Crippen molar-refractivity contribution in [3.63, 3.8) is 0 Å². The first kappa shape index (κ1) is 22.8. The van der Waals surface area contributed by atoms with E-state index in [0.29, 0.717) is 0 Å². The van der Waals surface area contributed by atoms with E-state index in [1.165, 1.54) is 32.5 Å². The molecule has 0 bridgehead atoms. The third-order valence-corrected chi connectivity index (χ3v) is 4.59. The number of carboxylic acids is 1. The molecule has 2 aromatic carbocycles. The predicted molar refractivity (Wildman–Crippen MR) is 110 cm³/mol. The van der Waals surface area contributed by atoms with Gasteiger partial charge in [0.1, 0.15) is 34.6 Å². The number of nitrogens with two attached hydrogens (primary N) is 1. The van der Waals surface area contributed by atoms with Crippen molar-refractivity contribution in [1.29, 1.82) is 5.41 Å². The highest BCUT2D eigenvalue weighted by molar-refractivity contribution is 6.06. The van der Waals surface area contributed by atoms with Crippen molar-refractivity contribution in [2.24, 2.45) is 0 Å². The highest BCUT2D eigenvalue weighted by atomic mass is 19.1. The maximum Gasteiger partial charge on any atom is 0.354 e. The largest absolute Gasteiger partial charge is 0.497 e. The highest BCUT2D eigenvalue weighted by Crippen LogP contribution is 2.34. The predicted octanol–water partition coefficient (Wildman–Crippen LogP) is 3.80. The Labute approximate surface area is 181 Å². The molecular formula is C22H19F3N3O4+. The van der Waals surface area contributed by atoms with Crippen LogP contribution in [-0.2, 0) is 0 Å². The van der Waals surface area contributed by atoms with Crippen LogP contribution in [0, 0.1) is 22.9 Å². The average Bonchev–Trinajstić information content (AvgIpc) is 2.72. The molecule has 0 radical (unpaired) electrons. The molecule has 0 aliphatic carbocycles. The van der Waals surface area contributed by atoms with Gasteiger partial charge in [-0.2, -0.15) is 4.98 Å². The molecule has 166 valence electrons. The van der Waals surface area contributed by atoms with E-state index in [-0.39, 0.29) is 39.8 Å². The Bertz CT molecular complexity index is 1210. The van der Waals surface area contributed by atoms with E-state index in [1.807, 2.05) is 0 Å². The number of carbonyl (C=O) groups is 1. The molecule has 7 nitrogen and oxygen atoms in total. The molecule has 0 atom stereocenters. The van der Waals surface area contributed by atoms with Crippen LogP contribution in [0.25, 0.3) is 11.1 Å². The van der Waals surface area contributed by atoms with E-state index >= 15 is 0 Å². The number of carboxylic acid groups (broad SMARTS) is 1. The summed E-state index contributed by atoms with van der Waals surface area (Å²) in [6, 6.07) is 6.65. The minimum atomic E-state index is -1.44. The minimum Gasteiger partial charge on any atom is -0.497 e. The van der Waals surface area contributed by atoms with Crippen LogP contribution >= 0.6 is 0 Å². The number of methoxy groups -OCH3 is 2. The molecule has 0 aliphatic heterocycles. The van der Waals surface area contributed by atoms with Gasteiger partial charge >= 0.3 is 5.97 Å². The van der Waals surface area contributed by atoms with Crippen LogP contribution in [0.2, 0.25) is 0 Å². The molecule has 1 aromatic heterocycles.